The average molecular weight is 314 g/mol. The van der Waals surface area contributed by atoms with Crippen LogP contribution in [-0.2, 0) is 9.84 Å². The fourth-order valence-electron chi connectivity index (χ4n) is 1.40. The third-order valence-electron chi connectivity index (χ3n) is 2.25. The van der Waals surface area contributed by atoms with Gasteiger partial charge in [-0.25, -0.2) is 17.8 Å². The van der Waals surface area contributed by atoms with Crippen molar-refractivity contribution >= 4 is 38.3 Å². The number of hydrogen-bond acceptors (Lipinski definition) is 7. The van der Waals surface area contributed by atoms with Gasteiger partial charge in [0.25, 0.3) is 0 Å². The lowest BCUT2D eigenvalue weighted by atomic mass is 10.2. The third-order valence-corrected chi connectivity index (χ3v) is 4.15. The molecule has 6 nitrogen and oxygen atoms in total. The van der Waals surface area contributed by atoms with Gasteiger partial charge in [-0.05, 0) is 17.7 Å². The second-order valence-corrected chi connectivity index (χ2v) is 6.75. The zero-order valence-corrected chi connectivity index (χ0v) is 12.0. The van der Waals surface area contributed by atoms with E-state index in [9.17, 15) is 12.8 Å². The van der Waals surface area contributed by atoms with Gasteiger partial charge in [-0.2, -0.15) is 5.10 Å². The molecule has 3 N–H and O–H groups in total. The predicted molar refractivity (Wildman–Crippen MR) is 77.3 cm³/mol. The number of nitrogens with one attached hydrogen (secondary N) is 1. The summed E-state index contributed by atoms with van der Waals surface area (Å²) in [6.45, 7) is 0. The molecule has 1 aromatic heterocycles. The maximum absolute atomic E-state index is 13.6. The first-order chi connectivity index (χ1) is 9.36. The number of anilines is 2. The van der Waals surface area contributed by atoms with Gasteiger partial charge in [0.15, 0.2) is 9.84 Å². The fraction of sp³-hybridized carbons (Fsp3) is 0.0909. The summed E-state index contributed by atoms with van der Waals surface area (Å²) >= 11 is 1.28. The Morgan fingerprint density at radius 3 is 2.80 bits per heavy atom. The van der Waals surface area contributed by atoms with Gasteiger partial charge in [0.05, 0.1) is 6.21 Å². The van der Waals surface area contributed by atoms with Crippen LogP contribution in [-0.4, -0.2) is 25.9 Å². The number of sulfone groups is 1. The molecule has 106 valence electrons. The van der Waals surface area contributed by atoms with Crippen molar-refractivity contribution in [3.63, 3.8) is 0 Å². The molecular formula is C11H11FN4O2S2. The molecule has 0 aliphatic carbocycles. The Morgan fingerprint density at radius 2 is 2.25 bits per heavy atom. The predicted octanol–water partition coefficient (Wildman–Crippen LogP) is 1.71. The van der Waals surface area contributed by atoms with Crippen LogP contribution in [0.3, 0.4) is 0 Å². The minimum atomic E-state index is -3.57. The molecule has 0 saturated carbocycles. The van der Waals surface area contributed by atoms with Crippen molar-refractivity contribution in [2.24, 2.45) is 5.10 Å². The highest BCUT2D eigenvalue weighted by atomic mass is 32.2. The number of aromatic nitrogens is 1. The van der Waals surface area contributed by atoms with Gasteiger partial charge in [-0.1, -0.05) is 6.07 Å². The normalized spacial score (nSPS) is 11.9. The van der Waals surface area contributed by atoms with E-state index in [0.29, 0.717) is 16.5 Å². The van der Waals surface area contributed by atoms with Gasteiger partial charge in [0.2, 0.25) is 5.13 Å². The van der Waals surface area contributed by atoms with Gasteiger partial charge in [0.1, 0.15) is 16.5 Å². The van der Waals surface area contributed by atoms with Crippen molar-refractivity contribution in [1.82, 2.24) is 4.98 Å². The van der Waals surface area contributed by atoms with Crippen LogP contribution in [0.1, 0.15) is 5.56 Å². The summed E-state index contributed by atoms with van der Waals surface area (Å²) in [6, 6.07) is 3.76. The van der Waals surface area contributed by atoms with E-state index in [2.05, 4.69) is 15.5 Å². The van der Waals surface area contributed by atoms with Gasteiger partial charge >= 0.3 is 0 Å². The lowest BCUT2D eigenvalue weighted by molar-refractivity contribution is 0.570. The van der Waals surface area contributed by atoms with Crippen LogP contribution in [0, 0.1) is 5.82 Å². The van der Waals surface area contributed by atoms with Gasteiger partial charge in [-0.15, -0.1) is 11.3 Å². The molecule has 0 atom stereocenters. The number of benzene rings is 1. The standard InChI is InChI=1S/C11H11FN4O2S2/c1-20(17,18)9-3-2-7(4-8(9)12)5-14-16-11-15-10(13)6-19-11/h2-6H,13H2,1H3,(H,15,16). The molecule has 2 aromatic rings. The number of thiazole rings is 1. The van der Waals surface area contributed by atoms with E-state index < -0.39 is 15.7 Å². The number of rotatable bonds is 4. The summed E-state index contributed by atoms with van der Waals surface area (Å²) in [6.07, 6.45) is 2.31. The molecule has 0 bridgehead atoms. The van der Waals surface area contributed by atoms with Crippen molar-refractivity contribution in [3.8, 4) is 0 Å². The monoisotopic (exact) mass is 314 g/mol. The third kappa shape index (κ3) is 3.52. The number of halogens is 1. The van der Waals surface area contributed by atoms with E-state index in [-0.39, 0.29) is 4.90 Å². The summed E-state index contributed by atoms with van der Waals surface area (Å²) in [5, 5.41) is 6.02. The maximum atomic E-state index is 13.6. The summed E-state index contributed by atoms with van der Waals surface area (Å²) in [5.74, 6) is -0.425. The number of nitrogens with two attached hydrogens (primary N) is 1. The van der Waals surface area contributed by atoms with E-state index in [1.165, 1.54) is 29.7 Å². The molecule has 2 rings (SSSR count). The number of nitrogens with zero attached hydrogens (tertiary/aromatic N) is 2. The summed E-state index contributed by atoms with van der Waals surface area (Å²) in [7, 11) is -3.57. The summed E-state index contributed by atoms with van der Waals surface area (Å²) in [5.41, 5.74) is 8.50. The Balaban J connectivity index is 2.13. The van der Waals surface area contributed by atoms with Crippen LogP contribution >= 0.6 is 11.3 Å². The molecule has 9 heteroatoms. The van der Waals surface area contributed by atoms with E-state index in [1.807, 2.05) is 0 Å². The molecule has 0 saturated heterocycles. The zero-order chi connectivity index (χ0) is 14.8. The Bertz CT molecular complexity index is 756. The van der Waals surface area contributed by atoms with E-state index in [0.717, 1.165) is 12.3 Å². The van der Waals surface area contributed by atoms with Gasteiger partial charge < -0.3 is 5.73 Å². The maximum Gasteiger partial charge on any atom is 0.205 e. The Kier molecular flexibility index (Phi) is 4.00. The van der Waals surface area contributed by atoms with Crippen LogP contribution in [0.4, 0.5) is 15.3 Å². The highest BCUT2D eigenvalue weighted by Crippen LogP contribution is 2.17. The minimum Gasteiger partial charge on any atom is -0.383 e. The van der Waals surface area contributed by atoms with Crippen LogP contribution in [0.15, 0.2) is 33.6 Å². The highest BCUT2D eigenvalue weighted by molar-refractivity contribution is 7.90. The first kappa shape index (κ1) is 14.4. The van der Waals surface area contributed by atoms with E-state index in [4.69, 9.17) is 5.73 Å². The molecule has 0 unspecified atom stereocenters. The molecule has 0 aliphatic rings. The SMILES string of the molecule is CS(=O)(=O)c1ccc(C=NNc2nc(N)cs2)cc1F. The largest absolute Gasteiger partial charge is 0.383 e. The van der Waals surface area contributed by atoms with Crippen LogP contribution in [0.2, 0.25) is 0 Å². The molecule has 20 heavy (non-hydrogen) atoms. The average Bonchev–Trinajstić information content (AvgIpc) is 2.73. The van der Waals surface area contributed by atoms with Crippen molar-refractivity contribution in [3.05, 3.63) is 35.0 Å². The Hall–Kier alpha value is -2.00. The first-order valence-corrected chi connectivity index (χ1v) is 8.13. The molecule has 1 heterocycles. The van der Waals surface area contributed by atoms with Crippen LogP contribution in [0.5, 0.6) is 0 Å². The van der Waals surface area contributed by atoms with Gasteiger partial charge in [0, 0.05) is 11.6 Å². The minimum absolute atomic E-state index is 0.338. The zero-order valence-electron chi connectivity index (χ0n) is 10.4. The molecule has 0 amide bonds. The fourth-order valence-corrected chi connectivity index (χ4v) is 2.67. The van der Waals surface area contributed by atoms with Crippen molar-refractivity contribution < 1.29 is 12.8 Å². The first-order valence-electron chi connectivity index (χ1n) is 5.36. The highest BCUT2D eigenvalue weighted by Gasteiger charge is 2.13. The second kappa shape index (κ2) is 5.55. The quantitative estimate of drug-likeness (QED) is 0.661. The van der Waals surface area contributed by atoms with Crippen molar-refractivity contribution in [2.75, 3.05) is 17.4 Å². The lowest BCUT2D eigenvalue weighted by Gasteiger charge is -2.01. The second-order valence-electron chi connectivity index (χ2n) is 3.91. The summed E-state index contributed by atoms with van der Waals surface area (Å²) in [4.78, 5) is 3.59. The van der Waals surface area contributed by atoms with Crippen LogP contribution < -0.4 is 11.2 Å². The lowest BCUT2D eigenvalue weighted by Crippen LogP contribution is -2.01. The Morgan fingerprint density at radius 1 is 1.50 bits per heavy atom. The molecule has 0 aliphatic heterocycles. The molecule has 0 radical (unpaired) electrons. The van der Waals surface area contributed by atoms with Crippen molar-refractivity contribution in [2.45, 2.75) is 4.90 Å². The molecule has 0 fully saturated rings. The van der Waals surface area contributed by atoms with E-state index in [1.54, 1.807) is 5.38 Å². The summed E-state index contributed by atoms with van der Waals surface area (Å²) < 4.78 is 36.1. The number of hydrazone groups is 1. The topological polar surface area (TPSA) is 97.4 Å². The molecule has 0 spiro atoms. The molecular weight excluding hydrogens is 303 g/mol. The Labute approximate surface area is 119 Å². The number of hydrogen-bond donors (Lipinski definition) is 2. The van der Waals surface area contributed by atoms with E-state index >= 15 is 0 Å². The van der Waals surface area contributed by atoms with Gasteiger partial charge in [-0.3, -0.25) is 5.43 Å². The molecule has 1 aromatic carbocycles. The number of nitrogen functional groups attached to an aromatic ring is 1. The van der Waals surface area contributed by atoms with Crippen LogP contribution in [0.25, 0.3) is 0 Å². The van der Waals surface area contributed by atoms with Crippen molar-refractivity contribution in [1.29, 1.82) is 0 Å². The smallest absolute Gasteiger partial charge is 0.205 e.